The van der Waals surface area contributed by atoms with Gasteiger partial charge in [-0.3, -0.25) is 19.7 Å². The van der Waals surface area contributed by atoms with Crippen LogP contribution in [0.1, 0.15) is 24.5 Å². The molecule has 4 heterocycles. The number of amides is 1. The monoisotopic (exact) mass is 436 g/mol. The summed E-state index contributed by atoms with van der Waals surface area (Å²) in [5.41, 5.74) is 0.884. The third-order valence-electron chi connectivity index (χ3n) is 6.69. The predicted octanol–water partition coefficient (Wildman–Crippen LogP) is 2.76. The molecule has 9 heteroatoms. The number of nitro groups is 1. The first-order valence-corrected chi connectivity index (χ1v) is 10.7. The van der Waals surface area contributed by atoms with E-state index in [-0.39, 0.29) is 17.7 Å². The molecule has 32 heavy (non-hydrogen) atoms. The molecule has 2 aliphatic rings. The van der Waals surface area contributed by atoms with Gasteiger partial charge in [0, 0.05) is 61.9 Å². The number of fused-ring (bicyclic) bond motifs is 5. The van der Waals surface area contributed by atoms with Crippen molar-refractivity contribution in [3.05, 3.63) is 68.8 Å². The number of carbonyl (C=O) groups excluding carboxylic acids is 1. The fraction of sp³-hybridized carbons (Fsp3) is 0.391. The summed E-state index contributed by atoms with van der Waals surface area (Å²) >= 11 is 0. The standard InChI is InChI=1S/C23H24N4O5/c1-32-21-4-2-3-19-17(21)7-9-24(19)10-8-22(28)25-12-15-11-16(14-25)18-5-6-20(27(30)31)23(29)26(18)13-15/h2-7,9,15-16H,8,10-14H2,1H3/t15-,16+/m1/s1. The number of piperidine rings is 1. The second-order valence-electron chi connectivity index (χ2n) is 8.57. The van der Waals surface area contributed by atoms with Crippen LogP contribution in [0.15, 0.2) is 47.4 Å². The topological polar surface area (TPSA) is 99.6 Å². The quantitative estimate of drug-likeness (QED) is 0.452. The number of ether oxygens (including phenoxy) is 1. The second kappa shape index (κ2) is 7.81. The van der Waals surface area contributed by atoms with Crippen molar-refractivity contribution in [2.75, 3.05) is 20.2 Å². The highest BCUT2D eigenvalue weighted by atomic mass is 16.6. The maximum atomic E-state index is 13.0. The number of aromatic nitrogens is 2. The molecule has 3 aromatic rings. The number of pyridine rings is 1. The molecule has 1 aromatic carbocycles. The van der Waals surface area contributed by atoms with E-state index < -0.39 is 16.2 Å². The first kappa shape index (κ1) is 20.3. The number of hydrogen-bond donors (Lipinski definition) is 0. The molecule has 1 amide bonds. The van der Waals surface area contributed by atoms with Gasteiger partial charge in [-0.05, 0) is 36.6 Å². The van der Waals surface area contributed by atoms with E-state index in [0.29, 0.717) is 32.6 Å². The molecule has 0 N–H and O–H groups in total. The molecule has 1 saturated heterocycles. The number of carbonyl (C=O) groups is 1. The van der Waals surface area contributed by atoms with Crippen LogP contribution >= 0.6 is 0 Å². The first-order valence-electron chi connectivity index (χ1n) is 10.7. The van der Waals surface area contributed by atoms with Crippen LogP contribution in [0.2, 0.25) is 0 Å². The Bertz CT molecular complexity index is 1280. The molecule has 2 aromatic heterocycles. The molecule has 2 atom stereocenters. The van der Waals surface area contributed by atoms with Gasteiger partial charge in [-0.25, -0.2) is 0 Å². The Hall–Kier alpha value is -3.62. The smallest absolute Gasteiger partial charge is 0.334 e. The molecule has 0 unspecified atom stereocenters. The third kappa shape index (κ3) is 3.34. The molecule has 166 valence electrons. The minimum absolute atomic E-state index is 0.0247. The average molecular weight is 436 g/mol. The zero-order chi connectivity index (χ0) is 22.4. The van der Waals surface area contributed by atoms with Crippen molar-refractivity contribution in [1.82, 2.24) is 14.0 Å². The van der Waals surface area contributed by atoms with Crippen LogP contribution in [-0.2, 0) is 17.9 Å². The van der Waals surface area contributed by atoms with Gasteiger partial charge in [-0.2, -0.15) is 0 Å². The fourth-order valence-corrected chi connectivity index (χ4v) is 5.22. The Morgan fingerprint density at radius 3 is 2.81 bits per heavy atom. The lowest BCUT2D eigenvalue weighted by molar-refractivity contribution is -0.386. The van der Waals surface area contributed by atoms with Crippen molar-refractivity contribution in [3.8, 4) is 5.75 Å². The Morgan fingerprint density at radius 1 is 1.19 bits per heavy atom. The van der Waals surface area contributed by atoms with E-state index in [1.54, 1.807) is 13.2 Å². The van der Waals surface area contributed by atoms with Gasteiger partial charge in [0.05, 0.1) is 17.5 Å². The summed E-state index contributed by atoms with van der Waals surface area (Å²) in [5, 5.41) is 12.1. The Kier molecular flexibility index (Phi) is 4.96. The molecule has 9 nitrogen and oxygen atoms in total. The van der Waals surface area contributed by atoms with E-state index in [4.69, 9.17) is 4.74 Å². The third-order valence-corrected chi connectivity index (χ3v) is 6.69. The molecule has 1 fully saturated rings. The molecule has 2 aliphatic heterocycles. The van der Waals surface area contributed by atoms with E-state index >= 15 is 0 Å². The summed E-state index contributed by atoms with van der Waals surface area (Å²) in [6.07, 6.45) is 3.25. The minimum Gasteiger partial charge on any atom is -0.496 e. The van der Waals surface area contributed by atoms with Crippen LogP contribution in [0.4, 0.5) is 5.69 Å². The maximum absolute atomic E-state index is 13.0. The number of aryl methyl sites for hydroxylation is 1. The lowest BCUT2D eigenvalue weighted by Crippen LogP contribution is -2.49. The second-order valence-corrected chi connectivity index (χ2v) is 8.57. The van der Waals surface area contributed by atoms with Crippen molar-refractivity contribution >= 4 is 22.5 Å². The summed E-state index contributed by atoms with van der Waals surface area (Å²) in [5.74, 6) is 1.05. The maximum Gasteiger partial charge on any atom is 0.334 e. The number of likely N-dealkylation sites (tertiary alicyclic amines) is 1. The van der Waals surface area contributed by atoms with Crippen molar-refractivity contribution in [3.63, 3.8) is 0 Å². The fourth-order valence-electron chi connectivity index (χ4n) is 5.22. The summed E-state index contributed by atoms with van der Waals surface area (Å²) in [7, 11) is 1.65. The first-order chi connectivity index (χ1) is 15.5. The van der Waals surface area contributed by atoms with Crippen molar-refractivity contribution in [2.45, 2.75) is 31.8 Å². The highest BCUT2D eigenvalue weighted by Gasteiger charge is 2.37. The zero-order valence-corrected chi connectivity index (χ0v) is 17.8. The number of methoxy groups -OCH3 is 1. The van der Waals surface area contributed by atoms with Crippen LogP contribution in [0.3, 0.4) is 0 Å². The number of nitrogens with zero attached hydrogens (tertiary/aromatic N) is 4. The van der Waals surface area contributed by atoms with Gasteiger partial charge in [0.2, 0.25) is 5.91 Å². The number of hydrogen-bond acceptors (Lipinski definition) is 5. The van der Waals surface area contributed by atoms with Crippen molar-refractivity contribution in [1.29, 1.82) is 0 Å². The molecule has 0 saturated carbocycles. The highest BCUT2D eigenvalue weighted by molar-refractivity contribution is 5.86. The summed E-state index contributed by atoms with van der Waals surface area (Å²) < 4.78 is 9.02. The largest absolute Gasteiger partial charge is 0.496 e. The number of benzene rings is 1. The van der Waals surface area contributed by atoms with Gasteiger partial charge in [-0.15, -0.1) is 0 Å². The van der Waals surface area contributed by atoms with Gasteiger partial charge < -0.3 is 18.8 Å². The molecular weight excluding hydrogens is 412 g/mol. The predicted molar refractivity (Wildman–Crippen MR) is 118 cm³/mol. The molecular formula is C23H24N4O5. The van der Waals surface area contributed by atoms with Gasteiger partial charge in [0.15, 0.2) is 0 Å². The van der Waals surface area contributed by atoms with Crippen LogP contribution in [0, 0.1) is 16.0 Å². The van der Waals surface area contributed by atoms with Gasteiger partial charge >= 0.3 is 11.2 Å². The van der Waals surface area contributed by atoms with E-state index in [1.165, 1.54) is 10.6 Å². The highest BCUT2D eigenvalue weighted by Crippen LogP contribution is 2.36. The Balaban J connectivity index is 1.31. The molecule has 0 spiro atoms. The van der Waals surface area contributed by atoms with Gasteiger partial charge in [0.25, 0.3) is 0 Å². The van der Waals surface area contributed by atoms with Crippen molar-refractivity contribution < 1.29 is 14.5 Å². The molecule has 0 aliphatic carbocycles. The Morgan fingerprint density at radius 2 is 2.03 bits per heavy atom. The van der Waals surface area contributed by atoms with Crippen LogP contribution in [-0.4, -0.2) is 45.1 Å². The molecule has 2 bridgehead atoms. The lowest BCUT2D eigenvalue weighted by atomic mass is 9.83. The summed E-state index contributed by atoms with van der Waals surface area (Å²) in [6, 6.07) is 10.8. The van der Waals surface area contributed by atoms with E-state index in [1.807, 2.05) is 35.4 Å². The zero-order valence-electron chi connectivity index (χ0n) is 17.8. The van der Waals surface area contributed by atoms with E-state index in [2.05, 4.69) is 4.57 Å². The molecule has 5 rings (SSSR count). The Labute approximate surface area is 184 Å². The van der Waals surface area contributed by atoms with Gasteiger partial charge in [0.1, 0.15) is 5.75 Å². The summed E-state index contributed by atoms with van der Waals surface area (Å²) in [6.45, 7) is 2.10. The lowest BCUT2D eigenvalue weighted by Gasteiger charge is -2.42. The van der Waals surface area contributed by atoms with Crippen molar-refractivity contribution in [2.24, 2.45) is 5.92 Å². The van der Waals surface area contributed by atoms with Crippen LogP contribution in [0.5, 0.6) is 5.75 Å². The average Bonchev–Trinajstić information content (AvgIpc) is 3.21. The normalized spacial score (nSPS) is 19.6. The molecule has 0 radical (unpaired) electrons. The van der Waals surface area contributed by atoms with E-state index in [9.17, 15) is 19.7 Å². The van der Waals surface area contributed by atoms with Gasteiger partial charge in [-0.1, -0.05) is 6.07 Å². The summed E-state index contributed by atoms with van der Waals surface area (Å²) in [4.78, 5) is 37.9. The minimum atomic E-state index is -0.629. The SMILES string of the molecule is COc1cccc2c1ccn2CCC(=O)N1C[C@H]2C[C@@H](C1)c1ccc([N+](=O)[O-])c(=O)n1C2. The van der Waals surface area contributed by atoms with Crippen LogP contribution < -0.4 is 10.3 Å². The van der Waals surface area contributed by atoms with E-state index in [0.717, 1.165) is 28.8 Å². The number of rotatable bonds is 5. The van der Waals surface area contributed by atoms with Crippen LogP contribution in [0.25, 0.3) is 10.9 Å².